The molecule has 3 heteroatoms. The van der Waals surface area contributed by atoms with Crippen LogP contribution in [0, 0.1) is 12.8 Å². The Morgan fingerprint density at radius 3 is 2.67 bits per heavy atom. The summed E-state index contributed by atoms with van der Waals surface area (Å²) in [6, 6.07) is 2.19. The van der Waals surface area contributed by atoms with E-state index in [1.54, 1.807) is 11.3 Å². The fourth-order valence-electron chi connectivity index (χ4n) is 3.03. The Labute approximate surface area is 115 Å². The molecule has 0 spiro atoms. The van der Waals surface area contributed by atoms with E-state index >= 15 is 0 Å². The van der Waals surface area contributed by atoms with Gasteiger partial charge in [0.2, 0.25) is 0 Å². The van der Waals surface area contributed by atoms with E-state index in [9.17, 15) is 0 Å². The van der Waals surface area contributed by atoms with E-state index in [1.165, 1.54) is 23.3 Å². The number of aryl methyl sites for hydroxylation is 1. The summed E-state index contributed by atoms with van der Waals surface area (Å²) in [7, 11) is 0. The zero-order valence-electron chi connectivity index (χ0n) is 11.7. The van der Waals surface area contributed by atoms with E-state index in [0.29, 0.717) is 0 Å². The van der Waals surface area contributed by atoms with E-state index in [1.807, 2.05) is 0 Å². The Kier molecular flexibility index (Phi) is 4.46. The van der Waals surface area contributed by atoms with Crippen molar-refractivity contribution >= 4 is 11.3 Å². The van der Waals surface area contributed by atoms with Crippen LogP contribution in [0.4, 0.5) is 0 Å². The molecular formula is C15H25NOS. The fourth-order valence-corrected chi connectivity index (χ4v) is 4.06. The maximum atomic E-state index is 6.57. The second-order valence-corrected chi connectivity index (χ2v) is 6.57. The molecule has 1 atom stereocenters. The molecule has 0 saturated heterocycles. The van der Waals surface area contributed by atoms with E-state index in [-0.39, 0.29) is 11.6 Å². The minimum absolute atomic E-state index is 0.0324. The monoisotopic (exact) mass is 267 g/mol. The Hall–Kier alpha value is -0.380. The molecule has 0 amide bonds. The topological polar surface area (TPSA) is 35.2 Å². The van der Waals surface area contributed by atoms with Crippen LogP contribution in [0.3, 0.4) is 0 Å². The van der Waals surface area contributed by atoms with E-state index < -0.39 is 0 Å². The number of rotatable bonds is 4. The first kappa shape index (κ1) is 14.0. The first-order chi connectivity index (χ1) is 8.59. The number of thiophene rings is 1. The molecule has 1 aromatic rings. The van der Waals surface area contributed by atoms with Gasteiger partial charge in [0.25, 0.3) is 0 Å². The third kappa shape index (κ3) is 2.63. The molecule has 0 aromatic carbocycles. The summed E-state index contributed by atoms with van der Waals surface area (Å²) in [5.41, 5.74) is 7.75. The maximum Gasteiger partial charge on any atom is 0.0882 e. The summed E-state index contributed by atoms with van der Waals surface area (Å²) in [6.07, 6.45) is 4.66. The molecule has 102 valence electrons. The fraction of sp³-hybridized carbons (Fsp3) is 0.733. The van der Waals surface area contributed by atoms with Crippen molar-refractivity contribution in [1.82, 2.24) is 0 Å². The van der Waals surface area contributed by atoms with Crippen LogP contribution in [-0.4, -0.2) is 12.2 Å². The van der Waals surface area contributed by atoms with Gasteiger partial charge in [0, 0.05) is 11.5 Å². The van der Waals surface area contributed by atoms with Crippen LogP contribution in [0.2, 0.25) is 0 Å². The maximum absolute atomic E-state index is 6.57. The third-order valence-electron chi connectivity index (χ3n) is 4.30. The lowest BCUT2D eigenvalue weighted by molar-refractivity contribution is -0.0891. The minimum Gasteiger partial charge on any atom is -0.373 e. The van der Waals surface area contributed by atoms with Crippen molar-refractivity contribution in [3.8, 4) is 0 Å². The molecule has 2 rings (SSSR count). The Balaban J connectivity index is 2.22. The highest BCUT2D eigenvalue weighted by atomic mass is 32.1. The summed E-state index contributed by atoms with van der Waals surface area (Å²) in [6.45, 7) is 7.31. The van der Waals surface area contributed by atoms with Crippen molar-refractivity contribution in [3.05, 3.63) is 21.9 Å². The zero-order valence-corrected chi connectivity index (χ0v) is 12.6. The van der Waals surface area contributed by atoms with Crippen molar-refractivity contribution in [1.29, 1.82) is 0 Å². The van der Waals surface area contributed by atoms with Crippen LogP contribution in [0.5, 0.6) is 0 Å². The molecule has 0 radical (unpaired) electrons. The zero-order chi connectivity index (χ0) is 13.2. The highest BCUT2D eigenvalue weighted by Crippen LogP contribution is 2.43. The van der Waals surface area contributed by atoms with Gasteiger partial charge >= 0.3 is 0 Å². The molecule has 0 bridgehead atoms. The Morgan fingerprint density at radius 2 is 2.17 bits per heavy atom. The summed E-state index contributed by atoms with van der Waals surface area (Å²) in [5.74, 6) is 0.815. The summed E-state index contributed by atoms with van der Waals surface area (Å²) in [5, 5.41) is 2.13. The minimum atomic E-state index is -0.128. The first-order valence-corrected chi connectivity index (χ1v) is 7.90. The van der Waals surface area contributed by atoms with Crippen LogP contribution in [-0.2, 0) is 4.74 Å². The Morgan fingerprint density at radius 1 is 1.50 bits per heavy atom. The van der Waals surface area contributed by atoms with Crippen LogP contribution in [0.15, 0.2) is 11.4 Å². The second-order valence-electron chi connectivity index (χ2n) is 5.63. The SMILES string of the molecule is CCOC1(C(N)c2sccc2C)CCC(C)CC1. The van der Waals surface area contributed by atoms with Gasteiger partial charge in [0.05, 0.1) is 11.6 Å². The molecule has 1 saturated carbocycles. The molecule has 1 heterocycles. The average molecular weight is 267 g/mol. The smallest absolute Gasteiger partial charge is 0.0882 e. The van der Waals surface area contributed by atoms with E-state index in [0.717, 1.165) is 25.4 Å². The summed E-state index contributed by atoms with van der Waals surface area (Å²) >= 11 is 1.77. The van der Waals surface area contributed by atoms with Crippen LogP contribution in [0.25, 0.3) is 0 Å². The van der Waals surface area contributed by atoms with Crippen molar-refractivity contribution < 1.29 is 4.74 Å². The van der Waals surface area contributed by atoms with Crippen molar-refractivity contribution in [2.24, 2.45) is 11.7 Å². The molecule has 18 heavy (non-hydrogen) atoms. The highest BCUT2D eigenvalue weighted by Gasteiger charge is 2.41. The van der Waals surface area contributed by atoms with Crippen molar-refractivity contribution in [2.75, 3.05) is 6.61 Å². The van der Waals surface area contributed by atoms with Gasteiger partial charge < -0.3 is 10.5 Å². The van der Waals surface area contributed by atoms with Crippen LogP contribution < -0.4 is 5.73 Å². The first-order valence-electron chi connectivity index (χ1n) is 7.02. The van der Waals surface area contributed by atoms with Crippen LogP contribution >= 0.6 is 11.3 Å². The molecule has 2 N–H and O–H groups in total. The molecule has 1 aliphatic carbocycles. The predicted octanol–water partition coefficient (Wildman–Crippen LogP) is 4.04. The normalized spacial score (nSPS) is 30.3. The van der Waals surface area contributed by atoms with Gasteiger partial charge in [-0.1, -0.05) is 6.92 Å². The van der Waals surface area contributed by atoms with E-state index in [2.05, 4.69) is 32.2 Å². The van der Waals surface area contributed by atoms with Gasteiger partial charge in [-0.3, -0.25) is 0 Å². The number of hydrogen-bond acceptors (Lipinski definition) is 3. The average Bonchev–Trinajstić information content (AvgIpc) is 2.78. The van der Waals surface area contributed by atoms with Crippen molar-refractivity contribution in [3.63, 3.8) is 0 Å². The molecule has 2 nitrogen and oxygen atoms in total. The highest BCUT2D eigenvalue weighted by molar-refractivity contribution is 7.10. The van der Waals surface area contributed by atoms with E-state index in [4.69, 9.17) is 10.5 Å². The molecule has 1 aromatic heterocycles. The van der Waals surface area contributed by atoms with Gasteiger partial charge in [-0.25, -0.2) is 0 Å². The summed E-state index contributed by atoms with van der Waals surface area (Å²) < 4.78 is 6.14. The standard InChI is InChI=1S/C15H25NOS/c1-4-17-15(8-5-11(2)6-9-15)14(16)13-12(3)7-10-18-13/h7,10-11,14H,4-6,8-9,16H2,1-3H3. The molecule has 1 aliphatic rings. The summed E-state index contributed by atoms with van der Waals surface area (Å²) in [4.78, 5) is 1.30. The second kappa shape index (κ2) is 5.72. The van der Waals surface area contributed by atoms with Gasteiger partial charge in [0.1, 0.15) is 0 Å². The lowest BCUT2D eigenvalue weighted by atomic mass is 9.75. The molecule has 1 unspecified atom stereocenters. The van der Waals surface area contributed by atoms with Gasteiger partial charge in [-0.2, -0.15) is 0 Å². The number of nitrogens with two attached hydrogens (primary N) is 1. The molecule has 0 aliphatic heterocycles. The van der Waals surface area contributed by atoms with Crippen molar-refractivity contribution in [2.45, 2.75) is 58.1 Å². The lowest BCUT2D eigenvalue weighted by Gasteiger charge is -2.43. The molecular weight excluding hydrogens is 242 g/mol. The largest absolute Gasteiger partial charge is 0.373 e. The number of ether oxygens (including phenoxy) is 1. The van der Waals surface area contributed by atoms with Gasteiger partial charge in [0.15, 0.2) is 0 Å². The van der Waals surface area contributed by atoms with Gasteiger partial charge in [-0.05, 0) is 62.5 Å². The number of hydrogen-bond donors (Lipinski definition) is 1. The predicted molar refractivity (Wildman–Crippen MR) is 78.0 cm³/mol. The molecule has 1 fully saturated rings. The quantitative estimate of drug-likeness (QED) is 0.893. The van der Waals surface area contributed by atoms with Gasteiger partial charge in [-0.15, -0.1) is 11.3 Å². The van der Waals surface area contributed by atoms with Crippen LogP contribution in [0.1, 0.15) is 56.0 Å². The lowest BCUT2D eigenvalue weighted by Crippen LogP contribution is -2.46. The Bertz CT molecular complexity index is 380. The third-order valence-corrected chi connectivity index (χ3v) is 5.41.